The largest absolute Gasteiger partial charge is 0.508 e. The molecule has 0 aliphatic heterocycles. The van der Waals surface area contributed by atoms with Crippen molar-refractivity contribution in [2.75, 3.05) is 11.9 Å². The Labute approximate surface area is 122 Å². The van der Waals surface area contributed by atoms with E-state index in [1.165, 1.54) is 4.90 Å². The Morgan fingerprint density at radius 3 is 2.52 bits per heavy atom. The number of nitrogens with zero attached hydrogens (tertiary/aromatic N) is 1. The Bertz CT molecular complexity index is 803. The summed E-state index contributed by atoms with van der Waals surface area (Å²) in [6.45, 7) is 1.98. The molecule has 106 valence electrons. The normalized spacial score (nSPS) is 10.8. The van der Waals surface area contributed by atoms with E-state index in [2.05, 4.69) is 0 Å². The Morgan fingerprint density at radius 1 is 1.10 bits per heavy atom. The van der Waals surface area contributed by atoms with Gasteiger partial charge in [-0.15, -0.1) is 0 Å². The minimum atomic E-state index is -0.227. The van der Waals surface area contributed by atoms with E-state index < -0.39 is 0 Å². The zero-order valence-corrected chi connectivity index (χ0v) is 11.8. The molecular weight excluding hydrogens is 266 g/mol. The van der Waals surface area contributed by atoms with Gasteiger partial charge in [0.05, 0.1) is 0 Å². The number of carbonyl (C=O) groups is 1. The van der Waals surface area contributed by atoms with Crippen molar-refractivity contribution in [2.45, 2.75) is 6.92 Å². The maximum atomic E-state index is 12.5. The number of aromatic hydroxyl groups is 1. The van der Waals surface area contributed by atoms with Crippen molar-refractivity contribution >= 4 is 22.6 Å². The Kier molecular flexibility index (Phi) is 3.14. The van der Waals surface area contributed by atoms with Crippen molar-refractivity contribution in [2.24, 2.45) is 0 Å². The Morgan fingerprint density at radius 2 is 1.81 bits per heavy atom. The first-order valence-electron chi connectivity index (χ1n) is 6.62. The summed E-state index contributed by atoms with van der Waals surface area (Å²) in [5.74, 6) is 0.236. The lowest BCUT2D eigenvalue weighted by Crippen LogP contribution is -2.25. The number of hydrogen-bond acceptors (Lipinski definition) is 3. The average Bonchev–Trinajstić information content (AvgIpc) is 2.89. The first-order valence-corrected chi connectivity index (χ1v) is 6.62. The van der Waals surface area contributed by atoms with Gasteiger partial charge in [0.1, 0.15) is 11.3 Å². The van der Waals surface area contributed by atoms with Crippen LogP contribution < -0.4 is 4.90 Å². The molecule has 1 aromatic heterocycles. The van der Waals surface area contributed by atoms with E-state index in [9.17, 15) is 9.90 Å². The van der Waals surface area contributed by atoms with E-state index in [1.54, 1.807) is 37.4 Å². The van der Waals surface area contributed by atoms with Crippen molar-refractivity contribution in [3.63, 3.8) is 0 Å². The van der Waals surface area contributed by atoms with Crippen LogP contribution in [0.1, 0.15) is 16.1 Å². The number of benzene rings is 2. The fourth-order valence-electron chi connectivity index (χ4n) is 2.20. The molecule has 3 rings (SSSR count). The number of phenolic OH excluding ortho intramolecular Hbond substituents is 1. The highest BCUT2D eigenvalue weighted by atomic mass is 16.3. The van der Waals surface area contributed by atoms with Crippen molar-refractivity contribution in [3.8, 4) is 5.75 Å². The fourth-order valence-corrected chi connectivity index (χ4v) is 2.20. The van der Waals surface area contributed by atoms with Gasteiger partial charge < -0.3 is 14.4 Å². The molecule has 3 aromatic rings. The maximum absolute atomic E-state index is 12.5. The van der Waals surface area contributed by atoms with Gasteiger partial charge in [-0.25, -0.2) is 0 Å². The van der Waals surface area contributed by atoms with Gasteiger partial charge in [0.2, 0.25) is 0 Å². The number of hydrogen-bond donors (Lipinski definition) is 1. The monoisotopic (exact) mass is 281 g/mol. The molecule has 2 aromatic carbocycles. The van der Waals surface area contributed by atoms with Crippen LogP contribution in [0.15, 0.2) is 52.9 Å². The number of amides is 1. The Hall–Kier alpha value is -2.75. The molecule has 0 fully saturated rings. The van der Waals surface area contributed by atoms with Crippen LogP contribution in [0.4, 0.5) is 5.69 Å². The summed E-state index contributed by atoms with van der Waals surface area (Å²) < 4.78 is 5.64. The van der Waals surface area contributed by atoms with Crippen LogP contribution in [-0.2, 0) is 0 Å². The summed E-state index contributed by atoms with van der Waals surface area (Å²) >= 11 is 0. The molecule has 4 heteroatoms. The lowest BCUT2D eigenvalue weighted by atomic mass is 10.2. The molecule has 1 N–H and O–H groups in total. The van der Waals surface area contributed by atoms with Crippen molar-refractivity contribution in [1.82, 2.24) is 0 Å². The maximum Gasteiger partial charge on any atom is 0.293 e. The second-order valence-corrected chi connectivity index (χ2v) is 5.03. The standard InChI is InChI=1S/C17H15NO3/c1-11-3-4-12-10-16(21-15(12)9-11)17(20)18(2)13-5-7-14(19)8-6-13/h3-10,19H,1-2H3. The van der Waals surface area contributed by atoms with Crippen molar-refractivity contribution in [1.29, 1.82) is 0 Å². The zero-order valence-electron chi connectivity index (χ0n) is 11.8. The van der Waals surface area contributed by atoms with Crippen LogP contribution in [0.3, 0.4) is 0 Å². The van der Waals surface area contributed by atoms with E-state index in [-0.39, 0.29) is 11.7 Å². The van der Waals surface area contributed by atoms with Crippen LogP contribution in [-0.4, -0.2) is 18.1 Å². The number of phenols is 1. The van der Waals surface area contributed by atoms with Gasteiger partial charge in [-0.3, -0.25) is 4.79 Å². The number of carbonyl (C=O) groups excluding carboxylic acids is 1. The van der Waals surface area contributed by atoms with Crippen molar-refractivity contribution in [3.05, 3.63) is 59.9 Å². The topological polar surface area (TPSA) is 53.7 Å². The molecule has 21 heavy (non-hydrogen) atoms. The molecular formula is C17H15NO3. The zero-order chi connectivity index (χ0) is 15.0. The number of furan rings is 1. The molecule has 0 saturated carbocycles. The van der Waals surface area contributed by atoms with Crippen LogP contribution >= 0.6 is 0 Å². The summed E-state index contributed by atoms with van der Waals surface area (Å²) in [4.78, 5) is 13.9. The Balaban J connectivity index is 1.94. The summed E-state index contributed by atoms with van der Waals surface area (Å²) in [7, 11) is 1.67. The fraction of sp³-hybridized carbons (Fsp3) is 0.118. The molecule has 0 aliphatic rings. The lowest BCUT2D eigenvalue weighted by molar-refractivity contribution is 0.0968. The second-order valence-electron chi connectivity index (χ2n) is 5.03. The van der Waals surface area contributed by atoms with Gasteiger partial charge >= 0.3 is 0 Å². The summed E-state index contributed by atoms with van der Waals surface area (Å²) in [5, 5.41) is 10.2. The molecule has 1 amide bonds. The van der Waals surface area contributed by atoms with Gasteiger partial charge in [-0.05, 0) is 48.9 Å². The summed E-state index contributed by atoms with van der Waals surface area (Å²) in [6, 6.07) is 14.0. The molecule has 1 heterocycles. The van der Waals surface area contributed by atoms with Gasteiger partial charge in [0, 0.05) is 18.1 Å². The average molecular weight is 281 g/mol. The third-order valence-corrected chi connectivity index (χ3v) is 3.43. The first kappa shape index (κ1) is 13.2. The predicted molar refractivity (Wildman–Crippen MR) is 81.8 cm³/mol. The van der Waals surface area contributed by atoms with E-state index in [0.29, 0.717) is 17.0 Å². The van der Waals surface area contributed by atoms with Crippen LogP contribution in [0.5, 0.6) is 5.75 Å². The highest BCUT2D eigenvalue weighted by Gasteiger charge is 2.18. The molecule has 0 saturated heterocycles. The van der Waals surface area contributed by atoms with E-state index in [4.69, 9.17) is 4.42 Å². The summed E-state index contributed by atoms with van der Waals surface area (Å²) in [6.07, 6.45) is 0. The molecule has 0 bridgehead atoms. The van der Waals surface area contributed by atoms with E-state index in [1.807, 2.05) is 25.1 Å². The predicted octanol–water partition coefficient (Wildman–Crippen LogP) is 3.72. The van der Waals surface area contributed by atoms with Crippen molar-refractivity contribution < 1.29 is 14.3 Å². The number of rotatable bonds is 2. The quantitative estimate of drug-likeness (QED) is 0.778. The van der Waals surface area contributed by atoms with Gasteiger partial charge in [-0.2, -0.15) is 0 Å². The molecule has 0 atom stereocenters. The lowest BCUT2D eigenvalue weighted by Gasteiger charge is -2.15. The number of fused-ring (bicyclic) bond motifs is 1. The number of anilines is 1. The van der Waals surface area contributed by atoms with Crippen LogP contribution in [0, 0.1) is 6.92 Å². The molecule has 0 aliphatic carbocycles. The highest BCUT2D eigenvalue weighted by molar-refractivity contribution is 6.06. The molecule has 0 unspecified atom stereocenters. The first-order chi connectivity index (χ1) is 10.0. The van der Waals surface area contributed by atoms with Crippen LogP contribution in [0.25, 0.3) is 11.0 Å². The van der Waals surface area contributed by atoms with Crippen LogP contribution in [0.2, 0.25) is 0 Å². The smallest absolute Gasteiger partial charge is 0.293 e. The van der Waals surface area contributed by atoms with E-state index >= 15 is 0 Å². The number of aryl methyl sites for hydroxylation is 1. The minimum Gasteiger partial charge on any atom is -0.508 e. The highest BCUT2D eigenvalue weighted by Crippen LogP contribution is 2.24. The van der Waals surface area contributed by atoms with Gasteiger partial charge in [-0.1, -0.05) is 12.1 Å². The molecule has 0 radical (unpaired) electrons. The minimum absolute atomic E-state index is 0.166. The third kappa shape index (κ3) is 2.48. The molecule has 4 nitrogen and oxygen atoms in total. The second kappa shape index (κ2) is 4.98. The van der Waals surface area contributed by atoms with E-state index in [0.717, 1.165) is 10.9 Å². The van der Waals surface area contributed by atoms with Gasteiger partial charge in [0.25, 0.3) is 5.91 Å². The summed E-state index contributed by atoms with van der Waals surface area (Å²) in [5.41, 5.74) is 2.48. The third-order valence-electron chi connectivity index (χ3n) is 3.43. The SMILES string of the molecule is Cc1ccc2cc(C(=O)N(C)c3ccc(O)cc3)oc2c1. The molecule has 0 spiro atoms. The van der Waals surface area contributed by atoms with Gasteiger partial charge in [0.15, 0.2) is 5.76 Å².